The van der Waals surface area contributed by atoms with Gasteiger partial charge in [0.2, 0.25) is 5.91 Å². The fourth-order valence-electron chi connectivity index (χ4n) is 2.00. The standard InChI is InChI=1S/C13H12N4O/c14-11-9-6-7-10(18)15-13(9)17-12(16-11)8-4-2-1-3-5-8/h1-5H,6-7H2,(H3,14,15,16,17,18). The number of nitrogens with one attached hydrogen (secondary N) is 1. The Balaban J connectivity index is 2.11. The molecular formula is C13H12N4O. The van der Waals surface area contributed by atoms with Crippen molar-refractivity contribution in [3.05, 3.63) is 35.9 Å². The number of carbonyl (C=O) groups is 1. The van der Waals surface area contributed by atoms with Crippen LogP contribution in [0.3, 0.4) is 0 Å². The first-order valence-corrected chi connectivity index (χ1v) is 5.76. The molecule has 1 aliphatic heterocycles. The van der Waals surface area contributed by atoms with Crippen LogP contribution in [-0.2, 0) is 11.2 Å². The minimum atomic E-state index is -0.0281. The van der Waals surface area contributed by atoms with Crippen molar-refractivity contribution >= 4 is 17.5 Å². The number of hydrogen-bond acceptors (Lipinski definition) is 4. The molecule has 5 heteroatoms. The molecule has 5 nitrogen and oxygen atoms in total. The SMILES string of the molecule is Nc1nc(-c2ccccc2)nc2c1CCC(=O)N2. The fraction of sp³-hybridized carbons (Fsp3) is 0.154. The maximum atomic E-state index is 11.4. The minimum absolute atomic E-state index is 0.0281. The number of hydrogen-bond donors (Lipinski definition) is 2. The summed E-state index contributed by atoms with van der Waals surface area (Å²) in [6.07, 6.45) is 1.04. The van der Waals surface area contributed by atoms with E-state index < -0.39 is 0 Å². The molecule has 3 N–H and O–H groups in total. The Morgan fingerprint density at radius 3 is 2.67 bits per heavy atom. The summed E-state index contributed by atoms with van der Waals surface area (Å²) in [5, 5.41) is 2.74. The summed E-state index contributed by atoms with van der Waals surface area (Å²) >= 11 is 0. The van der Waals surface area contributed by atoms with Crippen LogP contribution in [0.1, 0.15) is 12.0 Å². The van der Waals surface area contributed by atoms with Crippen LogP contribution >= 0.6 is 0 Å². The molecule has 90 valence electrons. The Bertz CT molecular complexity index is 610. The predicted molar refractivity (Wildman–Crippen MR) is 68.8 cm³/mol. The molecule has 1 aromatic heterocycles. The minimum Gasteiger partial charge on any atom is -0.383 e. The first kappa shape index (κ1) is 10.7. The number of amides is 1. The molecule has 1 aromatic carbocycles. The van der Waals surface area contributed by atoms with E-state index in [9.17, 15) is 4.79 Å². The Labute approximate surface area is 104 Å². The highest BCUT2D eigenvalue weighted by Crippen LogP contribution is 2.27. The Morgan fingerprint density at radius 2 is 1.89 bits per heavy atom. The molecule has 0 aliphatic carbocycles. The molecule has 2 heterocycles. The van der Waals surface area contributed by atoms with Gasteiger partial charge in [-0.15, -0.1) is 0 Å². The first-order chi connectivity index (χ1) is 8.74. The molecule has 3 rings (SSSR count). The van der Waals surface area contributed by atoms with Gasteiger partial charge < -0.3 is 11.1 Å². The largest absolute Gasteiger partial charge is 0.383 e. The van der Waals surface area contributed by atoms with E-state index in [0.29, 0.717) is 30.3 Å². The molecule has 0 saturated carbocycles. The van der Waals surface area contributed by atoms with Crippen LogP contribution in [0.15, 0.2) is 30.3 Å². The van der Waals surface area contributed by atoms with Crippen molar-refractivity contribution in [2.45, 2.75) is 12.8 Å². The molecule has 0 radical (unpaired) electrons. The van der Waals surface area contributed by atoms with Crippen LogP contribution in [0.25, 0.3) is 11.4 Å². The smallest absolute Gasteiger partial charge is 0.225 e. The van der Waals surface area contributed by atoms with E-state index in [2.05, 4.69) is 15.3 Å². The number of rotatable bonds is 1. The van der Waals surface area contributed by atoms with Gasteiger partial charge in [0.25, 0.3) is 0 Å². The Morgan fingerprint density at radius 1 is 1.11 bits per heavy atom. The molecular weight excluding hydrogens is 228 g/mol. The second-order valence-electron chi connectivity index (χ2n) is 4.17. The van der Waals surface area contributed by atoms with Gasteiger partial charge in [-0.2, -0.15) is 0 Å². The van der Waals surface area contributed by atoms with Crippen molar-refractivity contribution in [2.24, 2.45) is 0 Å². The van der Waals surface area contributed by atoms with Gasteiger partial charge in [0.15, 0.2) is 5.82 Å². The molecule has 1 amide bonds. The lowest BCUT2D eigenvalue weighted by Crippen LogP contribution is -2.22. The second-order valence-corrected chi connectivity index (χ2v) is 4.17. The number of benzene rings is 1. The summed E-state index contributed by atoms with van der Waals surface area (Å²) in [5.74, 6) is 1.49. The highest BCUT2D eigenvalue weighted by atomic mass is 16.1. The van der Waals surface area contributed by atoms with Gasteiger partial charge in [-0.25, -0.2) is 9.97 Å². The van der Waals surface area contributed by atoms with E-state index in [1.807, 2.05) is 30.3 Å². The van der Waals surface area contributed by atoms with Gasteiger partial charge in [0.1, 0.15) is 11.6 Å². The monoisotopic (exact) mass is 240 g/mol. The average Bonchev–Trinajstić information content (AvgIpc) is 2.39. The molecule has 0 bridgehead atoms. The Kier molecular flexibility index (Phi) is 2.44. The molecule has 0 unspecified atom stereocenters. The molecule has 2 aromatic rings. The summed E-state index contributed by atoms with van der Waals surface area (Å²) in [5.41, 5.74) is 7.63. The number of nitrogens with zero attached hydrogens (tertiary/aromatic N) is 2. The first-order valence-electron chi connectivity index (χ1n) is 5.76. The summed E-state index contributed by atoms with van der Waals surface area (Å²) in [6, 6.07) is 9.56. The summed E-state index contributed by atoms with van der Waals surface area (Å²) in [6.45, 7) is 0. The van der Waals surface area contributed by atoms with Crippen LogP contribution < -0.4 is 11.1 Å². The van der Waals surface area contributed by atoms with Crippen molar-refractivity contribution in [1.29, 1.82) is 0 Å². The van der Waals surface area contributed by atoms with E-state index in [1.54, 1.807) is 0 Å². The topological polar surface area (TPSA) is 80.9 Å². The molecule has 0 spiro atoms. The lowest BCUT2D eigenvalue weighted by Gasteiger charge is -2.17. The molecule has 1 aliphatic rings. The predicted octanol–water partition coefficient (Wildman–Crippen LogP) is 1.61. The number of anilines is 2. The zero-order valence-corrected chi connectivity index (χ0v) is 9.68. The zero-order chi connectivity index (χ0) is 12.5. The summed E-state index contributed by atoms with van der Waals surface area (Å²) in [7, 11) is 0. The fourth-order valence-corrected chi connectivity index (χ4v) is 2.00. The third-order valence-electron chi connectivity index (χ3n) is 2.93. The molecule has 0 fully saturated rings. The van der Waals surface area contributed by atoms with Crippen molar-refractivity contribution in [1.82, 2.24) is 9.97 Å². The normalized spacial score (nSPS) is 13.9. The van der Waals surface area contributed by atoms with E-state index in [-0.39, 0.29) is 5.91 Å². The number of aromatic nitrogens is 2. The lowest BCUT2D eigenvalue weighted by atomic mass is 10.1. The number of nitrogens with two attached hydrogens (primary N) is 1. The lowest BCUT2D eigenvalue weighted by molar-refractivity contribution is -0.116. The Hall–Kier alpha value is -2.43. The van der Waals surface area contributed by atoms with Gasteiger partial charge in [-0.3, -0.25) is 4.79 Å². The van der Waals surface area contributed by atoms with E-state index in [4.69, 9.17) is 5.73 Å². The second kappa shape index (κ2) is 4.10. The van der Waals surface area contributed by atoms with Gasteiger partial charge in [0.05, 0.1) is 0 Å². The van der Waals surface area contributed by atoms with E-state index in [1.165, 1.54) is 0 Å². The van der Waals surface area contributed by atoms with Gasteiger partial charge in [0, 0.05) is 17.5 Å². The summed E-state index contributed by atoms with van der Waals surface area (Å²) in [4.78, 5) is 20.0. The number of nitrogen functional groups attached to an aromatic ring is 1. The molecule has 0 saturated heterocycles. The van der Waals surface area contributed by atoms with Crippen molar-refractivity contribution in [3.63, 3.8) is 0 Å². The zero-order valence-electron chi connectivity index (χ0n) is 9.68. The van der Waals surface area contributed by atoms with Gasteiger partial charge in [-0.1, -0.05) is 30.3 Å². The highest BCUT2D eigenvalue weighted by Gasteiger charge is 2.20. The molecule has 0 atom stereocenters. The van der Waals surface area contributed by atoms with Crippen LogP contribution in [-0.4, -0.2) is 15.9 Å². The van der Waals surface area contributed by atoms with Gasteiger partial charge >= 0.3 is 0 Å². The van der Waals surface area contributed by atoms with Crippen molar-refractivity contribution in [2.75, 3.05) is 11.1 Å². The number of fused-ring (bicyclic) bond motifs is 1. The maximum absolute atomic E-state index is 11.4. The van der Waals surface area contributed by atoms with Crippen LogP contribution in [0.4, 0.5) is 11.6 Å². The third kappa shape index (κ3) is 1.79. The van der Waals surface area contributed by atoms with Crippen LogP contribution in [0, 0.1) is 0 Å². The van der Waals surface area contributed by atoms with Crippen molar-refractivity contribution < 1.29 is 4.79 Å². The number of carbonyl (C=O) groups excluding carboxylic acids is 1. The average molecular weight is 240 g/mol. The summed E-state index contributed by atoms with van der Waals surface area (Å²) < 4.78 is 0. The maximum Gasteiger partial charge on any atom is 0.225 e. The van der Waals surface area contributed by atoms with E-state index >= 15 is 0 Å². The van der Waals surface area contributed by atoms with Gasteiger partial charge in [-0.05, 0) is 6.42 Å². The van der Waals surface area contributed by atoms with E-state index in [0.717, 1.165) is 11.1 Å². The third-order valence-corrected chi connectivity index (χ3v) is 2.93. The quantitative estimate of drug-likeness (QED) is 0.793. The highest BCUT2D eigenvalue weighted by molar-refractivity contribution is 5.94. The molecule has 18 heavy (non-hydrogen) atoms. The van der Waals surface area contributed by atoms with Crippen LogP contribution in [0.5, 0.6) is 0 Å². The van der Waals surface area contributed by atoms with Crippen LogP contribution in [0.2, 0.25) is 0 Å². The van der Waals surface area contributed by atoms with Crippen molar-refractivity contribution in [3.8, 4) is 11.4 Å².